The van der Waals surface area contributed by atoms with Crippen molar-refractivity contribution in [3.63, 3.8) is 0 Å². The molecule has 6 heteroatoms. The molecule has 0 radical (unpaired) electrons. The van der Waals surface area contributed by atoms with E-state index in [0.29, 0.717) is 18.6 Å². The first kappa shape index (κ1) is 26.5. The smallest absolute Gasteiger partial charge is 0.341 e. The molecule has 0 unspecified atom stereocenters. The number of para-hydroxylation sites is 2. The number of aromatic carboxylic acids is 1. The Balaban J connectivity index is 0.000000320. The Labute approximate surface area is 189 Å². The van der Waals surface area contributed by atoms with Crippen LogP contribution < -0.4 is 0 Å². The van der Waals surface area contributed by atoms with Gasteiger partial charge in [0.25, 0.3) is 0 Å². The van der Waals surface area contributed by atoms with Crippen LogP contribution in [-0.2, 0) is 4.74 Å². The predicted octanol–water partition coefficient (Wildman–Crippen LogP) is 6.20. The van der Waals surface area contributed by atoms with E-state index in [4.69, 9.17) is 9.84 Å². The van der Waals surface area contributed by atoms with E-state index in [1.54, 1.807) is 36.4 Å². The molecule has 0 heterocycles. The summed E-state index contributed by atoms with van der Waals surface area (Å²) in [6, 6.07) is 11.1. The third-order valence-electron chi connectivity index (χ3n) is 4.36. The second kappa shape index (κ2) is 15.3. The lowest BCUT2D eigenvalue weighted by Gasteiger charge is -2.04. The first-order chi connectivity index (χ1) is 15.4. The fraction of sp³-hybridized carbons (Fsp3) is 0.308. The van der Waals surface area contributed by atoms with E-state index >= 15 is 0 Å². The number of ether oxygens (including phenoxy) is 1. The van der Waals surface area contributed by atoms with E-state index in [1.807, 2.05) is 25.2 Å². The fourth-order valence-corrected chi connectivity index (χ4v) is 2.63. The maximum atomic E-state index is 11.5. The number of phenolic OH excluding ortho intramolecular Hbond substituents is 1. The molecule has 0 aliphatic rings. The lowest BCUT2D eigenvalue weighted by atomic mass is 10.1. The number of hydrogen-bond donors (Lipinski definition) is 3. The molecule has 2 aromatic carbocycles. The summed E-state index contributed by atoms with van der Waals surface area (Å²) in [5, 5.41) is 27.9. The highest BCUT2D eigenvalue weighted by Crippen LogP contribution is 2.23. The Kier molecular flexibility index (Phi) is 12.7. The van der Waals surface area contributed by atoms with Crippen LogP contribution >= 0.6 is 0 Å². The number of carboxylic acid groups (broad SMARTS) is 1. The van der Waals surface area contributed by atoms with Crippen molar-refractivity contribution in [2.24, 2.45) is 0 Å². The quantitative estimate of drug-likeness (QED) is 0.231. The van der Waals surface area contributed by atoms with Crippen molar-refractivity contribution in [2.75, 3.05) is 6.61 Å². The second-order valence-corrected chi connectivity index (χ2v) is 6.91. The Hall–Kier alpha value is -3.54. The first-order valence-corrected chi connectivity index (χ1v) is 10.7. The Morgan fingerprint density at radius 1 is 0.906 bits per heavy atom. The van der Waals surface area contributed by atoms with Crippen LogP contribution in [-0.4, -0.2) is 33.9 Å². The number of phenols is 2. The van der Waals surface area contributed by atoms with Gasteiger partial charge in [0.05, 0.1) is 6.61 Å². The standard InChI is InChI=1S/2C13H16O3/c1-2-3-4-7-10-16-13(15)11-8-5-6-9-12(11)14;1-2-3-4-5-7-10-8-6-9-11(12(10)14)13(15)16/h3-6,8-9,14H,2,7,10H2,1H3;5-9,14H,2-4H2,1H3,(H,15,16)/b4-3-;7-5-. The Bertz CT molecular complexity index is 914. The lowest BCUT2D eigenvalue weighted by molar-refractivity contribution is 0.0507. The molecule has 172 valence electrons. The van der Waals surface area contributed by atoms with Gasteiger partial charge in [-0.2, -0.15) is 0 Å². The molecule has 6 nitrogen and oxygen atoms in total. The molecule has 0 saturated carbocycles. The number of carbonyl (C=O) groups is 2. The number of benzene rings is 2. The topological polar surface area (TPSA) is 104 Å². The molecule has 0 atom stereocenters. The monoisotopic (exact) mass is 440 g/mol. The minimum atomic E-state index is -1.11. The molecule has 0 aromatic heterocycles. The Morgan fingerprint density at radius 2 is 1.62 bits per heavy atom. The summed E-state index contributed by atoms with van der Waals surface area (Å²) in [6.07, 6.45) is 12.5. The van der Waals surface area contributed by atoms with Crippen molar-refractivity contribution in [3.05, 3.63) is 77.4 Å². The maximum Gasteiger partial charge on any atom is 0.341 e. The van der Waals surface area contributed by atoms with Crippen molar-refractivity contribution in [1.82, 2.24) is 0 Å². The maximum absolute atomic E-state index is 11.5. The molecule has 0 bridgehead atoms. The van der Waals surface area contributed by atoms with Crippen molar-refractivity contribution in [3.8, 4) is 11.5 Å². The van der Waals surface area contributed by atoms with Gasteiger partial charge in [-0.1, -0.05) is 75.3 Å². The SMILES string of the molecule is CC/C=C\CCOC(=O)c1ccccc1O.CCCC/C=C\c1cccc(C(=O)O)c1O. The number of unbranched alkanes of at least 4 members (excludes halogenated alkanes) is 2. The van der Waals surface area contributed by atoms with E-state index < -0.39 is 11.9 Å². The molecular formula is C26H32O6. The normalized spacial score (nSPS) is 10.7. The van der Waals surface area contributed by atoms with Crippen LogP contribution in [0.4, 0.5) is 0 Å². The molecule has 3 N–H and O–H groups in total. The van der Waals surface area contributed by atoms with Gasteiger partial charge in [0.15, 0.2) is 0 Å². The number of carbonyl (C=O) groups excluding carboxylic acids is 1. The highest BCUT2D eigenvalue weighted by atomic mass is 16.5. The molecule has 32 heavy (non-hydrogen) atoms. The van der Waals surface area contributed by atoms with Crippen LogP contribution in [0.5, 0.6) is 11.5 Å². The molecule has 0 saturated heterocycles. The summed E-state index contributed by atoms with van der Waals surface area (Å²) in [4.78, 5) is 22.3. The second-order valence-electron chi connectivity index (χ2n) is 6.91. The summed E-state index contributed by atoms with van der Waals surface area (Å²) < 4.78 is 5.01. The fourth-order valence-electron chi connectivity index (χ4n) is 2.63. The van der Waals surface area contributed by atoms with E-state index in [0.717, 1.165) is 25.7 Å². The average Bonchev–Trinajstić information content (AvgIpc) is 2.78. The van der Waals surface area contributed by atoms with Crippen molar-refractivity contribution >= 4 is 18.0 Å². The zero-order chi connectivity index (χ0) is 23.8. The lowest BCUT2D eigenvalue weighted by Crippen LogP contribution is -2.06. The van der Waals surface area contributed by atoms with Crippen LogP contribution in [0.2, 0.25) is 0 Å². The van der Waals surface area contributed by atoms with Crippen molar-refractivity contribution < 1.29 is 29.6 Å². The summed E-state index contributed by atoms with van der Waals surface area (Å²) in [6.45, 7) is 4.49. The van der Waals surface area contributed by atoms with Gasteiger partial charge in [-0.25, -0.2) is 9.59 Å². The molecule has 0 aliphatic heterocycles. The summed E-state index contributed by atoms with van der Waals surface area (Å²) in [7, 11) is 0. The van der Waals surface area contributed by atoms with Gasteiger partial charge < -0.3 is 20.1 Å². The van der Waals surface area contributed by atoms with Gasteiger partial charge in [0, 0.05) is 5.56 Å². The first-order valence-electron chi connectivity index (χ1n) is 10.7. The summed E-state index contributed by atoms with van der Waals surface area (Å²) in [5.41, 5.74) is 0.704. The van der Waals surface area contributed by atoms with Gasteiger partial charge in [0.2, 0.25) is 0 Å². The highest BCUT2D eigenvalue weighted by molar-refractivity contribution is 5.92. The number of hydrogen-bond acceptors (Lipinski definition) is 5. The number of rotatable bonds is 10. The third kappa shape index (κ3) is 9.51. The highest BCUT2D eigenvalue weighted by Gasteiger charge is 2.11. The molecule has 2 aromatic rings. The minimum absolute atomic E-state index is 0.0448. The van der Waals surface area contributed by atoms with Crippen molar-refractivity contribution in [1.29, 1.82) is 0 Å². The minimum Gasteiger partial charge on any atom is -0.507 e. The number of esters is 1. The van der Waals surface area contributed by atoms with Gasteiger partial charge in [-0.05, 0) is 37.5 Å². The van der Waals surface area contributed by atoms with Crippen LogP contribution in [0.25, 0.3) is 6.08 Å². The van der Waals surface area contributed by atoms with E-state index in [1.165, 1.54) is 12.1 Å². The van der Waals surface area contributed by atoms with Gasteiger partial charge in [-0.3, -0.25) is 0 Å². The van der Waals surface area contributed by atoms with Gasteiger partial charge in [-0.15, -0.1) is 0 Å². The van der Waals surface area contributed by atoms with Crippen LogP contribution in [0.1, 0.15) is 72.2 Å². The molecule has 2 rings (SSSR count). The third-order valence-corrected chi connectivity index (χ3v) is 4.36. The van der Waals surface area contributed by atoms with E-state index in [9.17, 15) is 19.8 Å². The zero-order valence-corrected chi connectivity index (χ0v) is 18.7. The van der Waals surface area contributed by atoms with Crippen LogP contribution in [0, 0.1) is 0 Å². The largest absolute Gasteiger partial charge is 0.507 e. The summed E-state index contributed by atoms with van der Waals surface area (Å²) in [5.74, 6) is -1.80. The zero-order valence-electron chi connectivity index (χ0n) is 18.7. The van der Waals surface area contributed by atoms with E-state index in [-0.39, 0.29) is 22.6 Å². The number of carboxylic acids is 1. The van der Waals surface area contributed by atoms with Gasteiger partial charge >= 0.3 is 11.9 Å². The molecule has 0 spiro atoms. The Morgan fingerprint density at radius 3 is 2.28 bits per heavy atom. The molecular weight excluding hydrogens is 408 g/mol. The molecule has 0 aliphatic carbocycles. The van der Waals surface area contributed by atoms with Crippen LogP contribution in [0.15, 0.2) is 60.7 Å². The molecule has 0 amide bonds. The predicted molar refractivity (Wildman–Crippen MR) is 126 cm³/mol. The molecule has 0 fully saturated rings. The summed E-state index contributed by atoms with van der Waals surface area (Å²) >= 11 is 0. The van der Waals surface area contributed by atoms with E-state index in [2.05, 4.69) is 6.92 Å². The van der Waals surface area contributed by atoms with Crippen molar-refractivity contribution in [2.45, 2.75) is 46.0 Å². The van der Waals surface area contributed by atoms with Gasteiger partial charge in [0.1, 0.15) is 22.6 Å². The number of allylic oxidation sites excluding steroid dienone is 2. The van der Waals surface area contributed by atoms with Crippen LogP contribution in [0.3, 0.4) is 0 Å². The average molecular weight is 441 g/mol. The number of aromatic hydroxyl groups is 2.